The molecule has 25 aromatic rings. The summed E-state index contributed by atoms with van der Waals surface area (Å²) in [6, 6.07) is 146. The summed E-state index contributed by atoms with van der Waals surface area (Å²) in [5, 5.41) is 18.7. The Labute approximate surface area is 727 Å². The van der Waals surface area contributed by atoms with Gasteiger partial charge in [0.1, 0.15) is 22.3 Å². The van der Waals surface area contributed by atoms with E-state index in [9.17, 15) is 0 Å². The Hall–Kier alpha value is -15.8. The zero-order valence-corrected chi connectivity index (χ0v) is 69.6. The van der Waals surface area contributed by atoms with Crippen molar-refractivity contribution in [2.45, 2.75) is 6.92 Å². The van der Waals surface area contributed by atoms with Crippen molar-refractivity contribution in [1.82, 2.24) is 9.13 Å². The lowest BCUT2D eigenvalue weighted by molar-refractivity contribution is 0.672. The van der Waals surface area contributed by atoms with Crippen molar-refractivity contribution in [2.75, 3.05) is 9.80 Å². The van der Waals surface area contributed by atoms with Crippen LogP contribution in [0.2, 0.25) is 0 Å². The van der Waals surface area contributed by atoms with Gasteiger partial charge >= 0.3 is 0 Å². The van der Waals surface area contributed by atoms with Crippen LogP contribution in [0.15, 0.2) is 440 Å². The first-order valence-corrected chi connectivity index (χ1v) is 44.1. The third-order valence-electron chi connectivity index (χ3n) is 25.6. The van der Waals surface area contributed by atoms with Crippen LogP contribution >= 0.6 is 22.7 Å². The van der Waals surface area contributed by atoms with E-state index in [1.807, 2.05) is 22.7 Å². The van der Waals surface area contributed by atoms with Crippen LogP contribution in [0.1, 0.15) is 12.5 Å². The van der Waals surface area contributed by atoms with Gasteiger partial charge in [0.25, 0.3) is 0 Å². The highest BCUT2D eigenvalue weighted by Gasteiger charge is 2.25. The van der Waals surface area contributed by atoms with Gasteiger partial charge in [-0.15, -0.1) is 22.7 Å². The number of furan rings is 2. The first-order chi connectivity index (χ1) is 61.8. The maximum atomic E-state index is 7.15. The molecular formula is C117H74N4O2S2. The first-order valence-electron chi connectivity index (χ1n) is 42.5. The average molecular weight is 1630 g/mol. The molecule has 0 fully saturated rings. The fraction of sp³-hybridized carbons (Fsp3) is 0.00855. The third-order valence-corrected chi connectivity index (χ3v) is 27.9. The molecule has 6 nitrogen and oxygen atoms in total. The summed E-state index contributed by atoms with van der Waals surface area (Å²) in [5.74, 6) is 0. The predicted molar refractivity (Wildman–Crippen MR) is 534 cm³/mol. The summed E-state index contributed by atoms with van der Waals surface area (Å²) in [7, 11) is 0. The van der Waals surface area contributed by atoms with Crippen molar-refractivity contribution in [3.05, 3.63) is 436 Å². The minimum atomic E-state index is 0.823. The van der Waals surface area contributed by atoms with Crippen LogP contribution in [-0.2, 0) is 0 Å². The molecule has 0 spiro atoms. The Balaban J connectivity index is 0.560. The van der Waals surface area contributed by atoms with Crippen LogP contribution in [0.5, 0.6) is 0 Å². The largest absolute Gasteiger partial charge is 0.455 e. The van der Waals surface area contributed by atoms with Crippen molar-refractivity contribution in [1.29, 1.82) is 0 Å². The second-order valence-electron chi connectivity index (χ2n) is 32.7. The van der Waals surface area contributed by atoms with Crippen LogP contribution in [0, 0.1) is 0 Å². The molecule has 0 saturated heterocycles. The maximum Gasteiger partial charge on any atom is 0.143 e. The second-order valence-corrected chi connectivity index (χ2v) is 34.8. The van der Waals surface area contributed by atoms with Crippen LogP contribution in [0.4, 0.5) is 28.4 Å². The van der Waals surface area contributed by atoms with Crippen molar-refractivity contribution in [2.24, 2.45) is 0 Å². The van der Waals surface area contributed by atoms with E-state index in [1.54, 1.807) is 0 Å². The molecule has 0 atom stereocenters. The Morgan fingerprint density at radius 1 is 0.312 bits per heavy atom. The normalized spacial score (nSPS) is 12.2. The molecule has 6 heterocycles. The molecule has 19 aromatic carbocycles. The van der Waals surface area contributed by atoms with Gasteiger partial charge in [-0.2, -0.15) is 0 Å². The lowest BCUT2D eigenvalue weighted by Crippen LogP contribution is -2.14. The van der Waals surface area contributed by atoms with Gasteiger partial charge in [0, 0.05) is 129 Å². The van der Waals surface area contributed by atoms with E-state index >= 15 is 0 Å². The Bertz CT molecular complexity index is 8760. The molecule has 8 heteroatoms. The monoisotopic (exact) mass is 1630 g/mol. The summed E-state index contributed by atoms with van der Waals surface area (Å²) >= 11 is 3.67. The maximum absolute atomic E-state index is 7.15. The lowest BCUT2D eigenvalue weighted by atomic mass is 9.96. The van der Waals surface area contributed by atoms with E-state index in [0.717, 1.165) is 167 Å². The van der Waals surface area contributed by atoms with Gasteiger partial charge < -0.3 is 27.8 Å². The SMILES string of the molecule is C=C(/C=C\C=C(/C)c1cccc2oc3c4ccccc4ccc3c12)N(c1ccc(-c2cccc(-n3c4ccccc4c4ccccc43)c2)cc1)c1cccc2c1sc1cc(-c3ccc4ccc5c(oc6cccc(-c7cccc(N(c8ccc(-c9cccc(-n%10c%11ccccc%11c%11ccccc%11%10)c9)cc8)c8ccc9sc%10ccccc%10c9c8)c7)c65)c4c3)ccc12. The summed E-state index contributed by atoms with van der Waals surface area (Å²) in [6.45, 7) is 7.10. The van der Waals surface area contributed by atoms with Gasteiger partial charge in [-0.1, -0.05) is 267 Å². The van der Waals surface area contributed by atoms with Gasteiger partial charge in [-0.05, 0) is 231 Å². The van der Waals surface area contributed by atoms with E-state index in [4.69, 9.17) is 15.4 Å². The molecule has 0 N–H and O–H groups in total. The number of allylic oxidation sites excluding steroid dienone is 4. The molecule has 0 bridgehead atoms. The Morgan fingerprint density at radius 3 is 1.48 bits per heavy atom. The number of hydrogen-bond acceptors (Lipinski definition) is 6. The highest BCUT2D eigenvalue weighted by atomic mass is 32.1. The Kier molecular flexibility index (Phi) is 16.7. The third kappa shape index (κ3) is 11.8. The topological polar surface area (TPSA) is 42.6 Å². The molecule has 0 saturated carbocycles. The van der Waals surface area contributed by atoms with Crippen molar-refractivity contribution >= 4 is 206 Å². The molecule has 25 rings (SSSR count). The lowest BCUT2D eigenvalue weighted by Gasteiger charge is -2.26. The number of thiophene rings is 2. The zero-order chi connectivity index (χ0) is 82.5. The first kappa shape index (κ1) is 72.0. The number of rotatable bonds is 15. The number of hydrogen-bond donors (Lipinski definition) is 0. The molecule has 586 valence electrons. The molecule has 0 aliphatic rings. The molecule has 0 aliphatic heterocycles. The van der Waals surface area contributed by atoms with Crippen LogP contribution < -0.4 is 9.80 Å². The second kappa shape index (κ2) is 28.9. The fourth-order valence-electron chi connectivity index (χ4n) is 19.7. The highest BCUT2D eigenvalue weighted by molar-refractivity contribution is 7.26. The van der Waals surface area contributed by atoms with Crippen LogP contribution in [0.3, 0.4) is 0 Å². The van der Waals surface area contributed by atoms with Gasteiger partial charge in [-0.25, -0.2) is 0 Å². The smallest absolute Gasteiger partial charge is 0.143 e. The molecule has 125 heavy (non-hydrogen) atoms. The number of para-hydroxylation sites is 4. The fourth-order valence-corrected chi connectivity index (χ4v) is 22.1. The zero-order valence-electron chi connectivity index (χ0n) is 68.0. The average Bonchev–Trinajstić information content (AvgIpc) is 1.45. The van der Waals surface area contributed by atoms with E-state index < -0.39 is 0 Å². The van der Waals surface area contributed by atoms with E-state index in [-0.39, 0.29) is 0 Å². The number of benzene rings is 19. The quantitative estimate of drug-likeness (QED) is 0.0960. The van der Waals surface area contributed by atoms with Crippen molar-refractivity contribution in [3.8, 4) is 55.9 Å². The molecule has 0 radical (unpaired) electrons. The van der Waals surface area contributed by atoms with E-state index in [1.165, 1.54) is 84.0 Å². The minimum Gasteiger partial charge on any atom is -0.455 e. The van der Waals surface area contributed by atoms with Crippen LogP contribution in [-0.4, -0.2) is 9.13 Å². The number of fused-ring (bicyclic) bond motifs is 22. The molecule has 6 aromatic heterocycles. The van der Waals surface area contributed by atoms with Gasteiger partial charge in [0.05, 0.1) is 32.5 Å². The summed E-state index contributed by atoms with van der Waals surface area (Å²) in [6.07, 6.45) is 6.49. The van der Waals surface area contributed by atoms with Crippen molar-refractivity contribution < 1.29 is 8.83 Å². The van der Waals surface area contributed by atoms with E-state index in [0.29, 0.717) is 0 Å². The van der Waals surface area contributed by atoms with Crippen LogP contribution in [0.25, 0.3) is 211 Å². The molecule has 0 unspecified atom stereocenters. The molecule has 0 aliphatic carbocycles. The van der Waals surface area contributed by atoms with E-state index in [2.05, 4.69) is 444 Å². The Morgan fingerprint density at radius 2 is 0.792 bits per heavy atom. The number of aromatic nitrogens is 2. The summed E-state index contributed by atoms with van der Waals surface area (Å²) in [4.78, 5) is 4.74. The van der Waals surface area contributed by atoms with Gasteiger partial charge in [0.15, 0.2) is 0 Å². The molecule has 0 amide bonds. The van der Waals surface area contributed by atoms with Gasteiger partial charge in [-0.3, -0.25) is 0 Å². The minimum absolute atomic E-state index is 0.823. The number of nitrogens with zero attached hydrogens (tertiary/aromatic N) is 4. The summed E-state index contributed by atoms with van der Waals surface area (Å²) < 4.78 is 23.5. The standard InChI is InChI=1S/C117H74N4O2S2/c1-72(89-37-20-45-108-113(89)99-63-54-76-24-3-4-31-91(76)115(99)122-108)22-15-23-73(2)118(83-57-50-74(51-58-83)78-25-16-29-86(66-78)120-103-40-10-5-32-92(103)93-33-6-11-41-104(93)120)107-44-19-39-98-97-62-56-81(70-112(97)125-117(98)107)80-49-48-77-55-64-100-114-90(38-21-46-109(114)123-116(100)101(77)69-80)82-27-18-28-85(68-82)119(88-61-65-111-102(71-88)96-36-9-14-47-110(96)124-111)84-59-52-75(53-60-84)79-26-17-30-87(67-79)121-105-42-12-7-34-94(105)95-35-8-13-43-106(95)121/h3-71H,2H2,1H3/b23-15-,72-22+. The summed E-state index contributed by atoms with van der Waals surface area (Å²) in [5.41, 5.74) is 27.8. The van der Waals surface area contributed by atoms with Crippen molar-refractivity contribution in [3.63, 3.8) is 0 Å². The predicted octanol–water partition coefficient (Wildman–Crippen LogP) is 34.2. The molecular weight excluding hydrogens is 1560 g/mol. The van der Waals surface area contributed by atoms with Gasteiger partial charge in [0.2, 0.25) is 0 Å². The highest BCUT2D eigenvalue weighted by Crippen LogP contribution is 2.50. The number of anilines is 5.